The standard InChI is InChI=1S/C13H17N5O/c1-19-6-5-15-12-8-13(17-9-16-12)18-11-4-2-3-10(14)7-11/h2-4,7-9H,5-6,14H2,1H3,(H2,15,16,17,18). The molecule has 0 fully saturated rings. The molecular formula is C13H17N5O. The summed E-state index contributed by atoms with van der Waals surface area (Å²) in [6.45, 7) is 1.33. The Balaban J connectivity index is 2.02. The monoisotopic (exact) mass is 259 g/mol. The van der Waals surface area contributed by atoms with Crippen LogP contribution in [0.25, 0.3) is 0 Å². The van der Waals surface area contributed by atoms with Gasteiger partial charge in [0.05, 0.1) is 6.61 Å². The fraction of sp³-hybridized carbons (Fsp3) is 0.231. The average molecular weight is 259 g/mol. The summed E-state index contributed by atoms with van der Waals surface area (Å²) in [5, 5.41) is 6.32. The maximum Gasteiger partial charge on any atom is 0.135 e. The van der Waals surface area contributed by atoms with Crippen molar-refractivity contribution in [1.29, 1.82) is 0 Å². The first-order chi connectivity index (χ1) is 9.28. The second-order valence-electron chi connectivity index (χ2n) is 3.96. The second-order valence-corrected chi connectivity index (χ2v) is 3.96. The van der Waals surface area contributed by atoms with E-state index in [9.17, 15) is 0 Å². The Morgan fingerprint density at radius 3 is 2.84 bits per heavy atom. The largest absolute Gasteiger partial charge is 0.399 e. The lowest BCUT2D eigenvalue weighted by Gasteiger charge is -2.08. The number of hydrogen-bond acceptors (Lipinski definition) is 6. The number of methoxy groups -OCH3 is 1. The van der Waals surface area contributed by atoms with Crippen LogP contribution in [0.2, 0.25) is 0 Å². The number of hydrogen-bond donors (Lipinski definition) is 3. The number of nitrogen functional groups attached to an aromatic ring is 1. The molecule has 0 radical (unpaired) electrons. The third-order valence-corrected chi connectivity index (χ3v) is 2.44. The molecule has 0 saturated heterocycles. The summed E-state index contributed by atoms with van der Waals surface area (Å²) in [4.78, 5) is 8.29. The molecule has 6 nitrogen and oxygen atoms in total. The highest BCUT2D eigenvalue weighted by atomic mass is 16.5. The van der Waals surface area contributed by atoms with Gasteiger partial charge in [-0.2, -0.15) is 0 Å². The van der Waals surface area contributed by atoms with E-state index in [-0.39, 0.29) is 0 Å². The van der Waals surface area contributed by atoms with Crippen molar-refractivity contribution in [3.8, 4) is 0 Å². The van der Waals surface area contributed by atoms with Crippen LogP contribution < -0.4 is 16.4 Å². The van der Waals surface area contributed by atoms with E-state index in [0.717, 1.165) is 11.5 Å². The van der Waals surface area contributed by atoms with Gasteiger partial charge in [-0.1, -0.05) is 6.07 Å². The molecule has 0 aliphatic heterocycles. The summed E-state index contributed by atoms with van der Waals surface area (Å²) in [6, 6.07) is 9.33. The lowest BCUT2D eigenvalue weighted by atomic mass is 10.3. The van der Waals surface area contributed by atoms with Crippen LogP contribution in [-0.4, -0.2) is 30.2 Å². The van der Waals surface area contributed by atoms with Gasteiger partial charge in [-0.15, -0.1) is 0 Å². The molecule has 6 heteroatoms. The molecule has 0 atom stereocenters. The quantitative estimate of drug-likeness (QED) is 0.542. The first-order valence-electron chi connectivity index (χ1n) is 5.95. The lowest BCUT2D eigenvalue weighted by Crippen LogP contribution is -2.09. The minimum Gasteiger partial charge on any atom is -0.399 e. The zero-order valence-electron chi connectivity index (χ0n) is 10.8. The van der Waals surface area contributed by atoms with Crippen molar-refractivity contribution in [3.05, 3.63) is 36.7 Å². The first kappa shape index (κ1) is 13.1. The van der Waals surface area contributed by atoms with Gasteiger partial charge in [-0.3, -0.25) is 0 Å². The molecule has 2 aromatic rings. The van der Waals surface area contributed by atoms with E-state index in [1.54, 1.807) is 7.11 Å². The number of ether oxygens (including phenoxy) is 1. The maximum atomic E-state index is 5.72. The number of anilines is 4. The van der Waals surface area contributed by atoms with E-state index in [2.05, 4.69) is 20.6 Å². The van der Waals surface area contributed by atoms with Crippen molar-refractivity contribution in [1.82, 2.24) is 9.97 Å². The summed E-state index contributed by atoms with van der Waals surface area (Å²) in [7, 11) is 1.66. The van der Waals surface area contributed by atoms with Crippen LogP contribution in [0.3, 0.4) is 0 Å². The average Bonchev–Trinajstić information content (AvgIpc) is 2.39. The molecule has 1 heterocycles. The molecule has 0 bridgehead atoms. The van der Waals surface area contributed by atoms with Crippen LogP contribution in [0.15, 0.2) is 36.7 Å². The van der Waals surface area contributed by atoms with Gasteiger partial charge >= 0.3 is 0 Å². The minimum atomic E-state index is 0.627. The van der Waals surface area contributed by atoms with Gasteiger partial charge in [0.25, 0.3) is 0 Å². The number of benzene rings is 1. The Labute approximate surface area is 112 Å². The molecule has 1 aromatic heterocycles. The van der Waals surface area contributed by atoms with E-state index in [0.29, 0.717) is 24.7 Å². The van der Waals surface area contributed by atoms with Crippen LogP contribution in [0.5, 0.6) is 0 Å². The Morgan fingerprint density at radius 2 is 2.05 bits per heavy atom. The second kappa shape index (κ2) is 6.55. The lowest BCUT2D eigenvalue weighted by molar-refractivity contribution is 0.210. The van der Waals surface area contributed by atoms with Gasteiger partial charge in [0, 0.05) is 31.1 Å². The number of nitrogens with one attached hydrogen (secondary N) is 2. The summed E-state index contributed by atoms with van der Waals surface area (Å²) >= 11 is 0. The summed E-state index contributed by atoms with van der Waals surface area (Å²) in [5.74, 6) is 1.46. The molecule has 19 heavy (non-hydrogen) atoms. The maximum absolute atomic E-state index is 5.72. The molecule has 1 aromatic carbocycles. The van der Waals surface area contributed by atoms with Crippen LogP contribution in [-0.2, 0) is 4.74 Å². The Kier molecular flexibility index (Phi) is 4.52. The first-order valence-corrected chi connectivity index (χ1v) is 5.95. The zero-order valence-corrected chi connectivity index (χ0v) is 10.8. The van der Waals surface area contributed by atoms with E-state index >= 15 is 0 Å². The number of nitrogens with two attached hydrogens (primary N) is 1. The zero-order chi connectivity index (χ0) is 13.5. The molecule has 0 spiro atoms. The fourth-order valence-electron chi connectivity index (χ4n) is 1.57. The minimum absolute atomic E-state index is 0.627. The van der Waals surface area contributed by atoms with Crippen molar-refractivity contribution in [2.45, 2.75) is 0 Å². The van der Waals surface area contributed by atoms with Crippen LogP contribution in [0.1, 0.15) is 0 Å². The smallest absolute Gasteiger partial charge is 0.135 e. The predicted octanol–water partition coefficient (Wildman–Crippen LogP) is 1.86. The molecule has 4 N–H and O–H groups in total. The Morgan fingerprint density at radius 1 is 1.21 bits per heavy atom. The molecule has 100 valence electrons. The van der Waals surface area contributed by atoms with Crippen molar-refractivity contribution in [2.75, 3.05) is 36.6 Å². The molecule has 0 aliphatic carbocycles. The highest BCUT2D eigenvalue weighted by Gasteiger charge is 1.99. The van der Waals surface area contributed by atoms with E-state index in [4.69, 9.17) is 10.5 Å². The molecular weight excluding hydrogens is 242 g/mol. The van der Waals surface area contributed by atoms with Gasteiger partial charge in [-0.05, 0) is 18.2 Å². The molecule has 2 rings (SSSR count). The van der Waals surface area contributed by atoms with Gasteiger partial charge in [-0.25, -0.2) is 9.97 Å². The number of aromatic nitrogens is 2. The highest BCUT2D eigenvalue weighted by Crippen LogP contribution is 2.18. The van der Waals surface area contributed by atoms with E-state index in [1.807, 2.05) is 30.3 Å². The van der Waals surface area contributed by atoms with Crippen LogP contribution in [0, 0.1) is 0 Å². The van der Waals surface area contributed by atoms with E-state index in [1.165, 1.54) is 6.33 Å². The van der Waals surface area contributed by atoms with Crippen molar-refractivity contribution in [3.63, 3.8) is 0 Å². The van der Waals surface area contributed by atoms with Crippen molar-refractivity contribution in [2.24, 2.45) is 0 Å². The topological polar surface area (TPSA) is 85.1 Å². The molecule has 0 saturated carbocycles. The van der Waals surface area contributed by atoms with Gasteiger partial charge in [0.2, 0.25) is 0 Å². The normalized spacial score (nSPS) is 10.2. The SMILES string of the molecule is COCCNc1cc(Nc2cccc(N)c2)ncn1. The summed E-state index contributed by atoms with van der Waals surface area (Å²) < 4.78 is 4.97. The Bertz CT molecular complexity index is 532. The van der Waals surface area contributed by atoms with E-state index < -0.39 is 0 Å². The fourth-order valence-corrected chi connectivity index (χ4v) is 1.57. The third-order valence-electron chi connectivity index (χ3n) is 2.44. The molecule has 0 amide bonds. The summed E-state index contributed by atoms with van der Waals surface area (Å²) in [6.07, 6.45) is 1.50. The number of nitrogens with zero attached hydrogens (tertiary/aromatic N) is 2. The molecule has 0 unspecified atom stereocenters. The predicted molar refractivity (Wildman–Crippen MR) is 76.5 cm³/mol. The van der Waals surface area contributed by atoms with Gasteiger partial charge in [0.15, 0.2) is 0 Å². The van der Waals surface area contributed by atoms with Gasteiger partial charge in [0.1, 0.15) is 18.0 Å². The summed E-state index contributed by atoms with van der Waals surface area (Å²) in [5.41, 5.74) is 7.32. The van der Waals surface area contributed by atoms with Crippen LogP contribution in [0.4, 0.5) is 23.0 Å². The van der Waals surface area contributed by atoms with Gasteiger partial charge < -0.3 is 21.1 Å². The van der Waals surface area contributed by atoms with Crippen molar-refractivity contribution >= 4 is 23.0 Å². The van der Waals surface area contributed by atoms with Crippen molar-refractivity contribution < 1.29 is 4.74 Å². The van der Waals surface area contributed by atoms with Crippen LogP contribution >= 0.6 is 0 Å². The third kappa shape index (κ3) is 4.11. The Hall–Kier alpha value is -2.34. The highest BCUT2D eigenvalue weighted by molar-refractivity contribution is 5.62. The molecule has 0 aliphatic rings. The number of rotatable bonds is 6.